The van der Waals surface area contributed by atoms with Crippen molar-refractivity contribution in [1.82, 2.24) is 4.98 Å². The minimum Gasteiger partial charge on any atom is -0.456 e. The van der Waals surface area contributed by atoms with Crippen LogP contribution >= 0.6 is 0 Å². The smallest absolute Gasteiger partial charge is 0.137 e. The predicted molar refractivity (Wildman–Crippen MR) is 192 cm³/mol. The molecule has 2 aromatic heterocycles. The van der Waals surface area contributed by atoms with Crippen molar-refractivity contribution in [1.29, 1.82) is 0 Å². The van der Waals surface area contributed by atoms with Gasteiger partial charge in [0, 0.05) is 21.8 Å². The molecule has 216 valence electrons. The summed E-state index contributed by atoms with van der Waals surface area (Å²) >= 11 is 0. The van der Waals surface area contributed by atoms with Gasteiger partial charge in [-0.15, -0.1) is 0 Å². The number of fused-ring (bicyclic) bond motifs is 11. The van der Waals surface area contributed by atoms with Gasteiger partial charge in [-0.1, -0.05) is 117 Å². The first-order chi connectivity index (χ1) is 22.5. The van der Waals surface area contributed by atoms with Gasteiger partial charge in [-0.25, -0.2) is 4.98 Å². The Morgan fingerprint density at radius 3 is 2.09 bits per heavy atom. The van der Waals surface area contributed by atoms with E-state index < -0.39 is 0 Å². The average Bonchev–Trinajstić information content (AvgIpc) is 3.60. The molecule has 2 heterocycles. The van der Waals surface area contributed by atoms with Crippen molar-refractivity contribution >= 4 is 54.4 Å². The van der Waals surface area contributed by atoms with E-state index in [1.807, 2.05) is 0 Å². The fourth-order valence-corrected chi connectivity index (χ4v) is 7.94. The topological polar surface area (TPSA) is 26.0 Å². The van der Waals surface area contributed by atoms with Crippen LogP contribution in [0.4, 0.5) is 0 Å². The van der Waals surface area contributed by atoms with E-state index in [2.05, 4.69) is 153 Å². The van der Waals surface area contributed by atoms with Crippen LogP contribution in [0.15, 0.2) is 144 Å². The summed E-state index contributed by atoms with van der Waals surface area (Å²) < 4.78 is 6.50. The number of hydrogen-bond acceptors (Lipinski definition) is 2. The largest absolute Gasteiger partial charge is 0.456 e. The molecule has 0 radical (unpaired) electrons. The van der Waals surface area contributed by atoms with Crippen molar-refractivity contribution in [2.45, 2.75) is 19.3 Å². The lowest BCUT2D eigenvalue weighted by Crippen LogP contribution is -2.14. The van der Waals surface area contributed by atoms with E-state index >= 15 is 0 Å². The lowest BCUT2D eigenvalue weighted by atomic mass is 9.82. The first-order valence-corrected chi connectivity index (χ1v) is 16.0. The fourth-order valence-electron chi connectivity index (χ4n) is 7.94. The van der Waals surface area contributed by atoms with Crippen LogP contribution in [-0.2, 0) is 5.41 Å². The molecule has 1 aliphatic carbocycles. The highest BCUT2D eigenvalue weighted by atomic mass is 16.3. The summed E-state index contributed by atoms with van der Waals surface area (Å²) in [6, 6.07) is 50.5. The third-order valence-electron chi connectivity index (χ3n) is 10.2. The zero-order valence-corrected chi connectivity index (χ0v) is 25.6. The maximum atomic E-state index is 6.50. The van der Waals surface area contributed by atoms with Crippen LogP contribution in [0.25, 0.3) is 87.9 Å². The van der Waals surface area contributed by atoms with E-state index in [1.165, 1.54) is 54.9 Å². The molecule has 0 aliphatic heterocycles. The molecule has 46 heavy (non-hydrogen) atoms. The molecule has 1 aliphatic rings. The van der Waals surface area contributed by atoms with Gasteiger partial charge in [0.1, 0.15) is 11.2 Å². The third kappa shape index (κ3) is 3.50. The van der Waals surface area contributed by atoms with E-state index in [0.29, 0.717) is 0 Å². The van der Waals surface area contributed by atoms with Gasteiger partial charge in [0.15, 0.2) is 0 Å². The summed E-state index contributed by atoms with van der Waals surface area (Å²) in [7, 11) is 0. The predicted octanol–water partition coefficient (Wildman–Crippen LogP) is 12.1. The molecule has 0 saturated heterocycles. The first kappa shape index (κ1) is 25.6. The molecule has 0 bridgehead atoms. The highest BCUT2D eigenvalue weighted by Gasteiger charge is 2.35. The van der Waals surface area contributed by atoms with Crippen molar-refractivity contribution in [2.75, 3.05) is 0 Å². The van der Waals surface area contributed by atoms with E-state index in [1.54, 1.807) is 0 Å². The molecule has 9 aromatic rings. The third-order valence-corrected chi connectivity index (χ3v) is 10.2. The zero-order chi connectivity index (χ0) is 30.6. The van der Waals surface area contributed by atoms with Crippen molar-refractivity contribution in [3.05, 3.63) is 151 Å². The zero-order valence-electron chi connectivity index (χ0n) is 25.6. The van der Waals surface area contributed by atoms with Crippen LogP contribution in [0, 0.1) is 0 Å². The Labute approximate surface area is 266 Å². The van der Waals surface area contributed by atoms with E-state index in [0.717, 1.165) is 44.1 Å². The Hall–Kier alpha value is -5.73. The summed E-state index contributed by atoms with van der Waals surface area (Å²) in [6.45, 7) is 4.66. The molecular weight excluding hydrogens is 558 g/mol. The second-order valence-corrected chi connectivity index (χ2v) is 13.1. The maximum absolute atomic E-state index is 6.50. The molecule has 0 fully saturated rings. The molecule has 0 unspecified atom stereocenters. The number of hydrogen-bond donors (Lipinski definition) is 0. The number of furan rings is 1. The van der Waals surface area contributed by atoms with Gasteiger partial charge >= 0.3 is 0 Å². The Morgan fingerprint density at radius 1 is 0.478 bits per heavy atom. The SMILES string of the molecule is CC1(C)c2ccccc2-c2cc(-c3cc(-c4ccc5ccccc5c4)c4ccc5oc6ccc7ccccc7c6c5c4n3)ccc21. The molecular formula is C44H29NO. The van der Waals surface area contributed by atoms with Crippen LogP contribution in [0.1, 0.15) is 25.0 Å². The standard InChI is InChI=1S/C44H29NO/c1-44(2)36-14-8-7-13-32(36)35-24-30(17-20-37(35)44)38-25-34(29-16-15-26-9-3-4-11-28(26)23-29)33-19-22-40-42(43(33)45-38)41-31-12-6-5-10-27(31)18-21-39(41)46-40/h3-25H,1-2H3. The van der Waals surface area contributed by atoms with Gasteiger partial charge in [0.2, 0.25) is 0 Å². The fraction of sp³-hybridized carbons (Fsp3) is 0.0682. The van der Waals surface area contributed by atoms with Gasteiger partial charge < -0.3 is 4.42 Å². The Morgan fingerprint density at radius 2 is 1.17 bits per heavy atom. The molecule has 0 amide bonds. The Kier molecular flexibility index (Phi) is 5.09. The summed E-state index contributed by atoms with van der Waals surface area (Å²) in [5.74, 6) is 0. The van der Waals surface area contributed by atoms with Crippen molar-refractivity contribution < 1.29 is 4.42 Å². The normalized spacial score (nSPS) is 13.6. The lowest BCUT2D eigenvalue weighted by molar-refractivity contribution is 0.660. The highest BCUT2D eigenvalue weighted by Crippen LogP contribution is 2.50. The Bertz CT molecular complexity index is 2730. The maximum Gasteiger partial charge on any atom is 0.137 e. The van der Waals surface area contributed by atoms with Gasteiger partial charge in [-0.05, 0) is 91.3 Å². The average molecular weight is 588 g/mol. The lowest BCUT2D eigenvalue weighted by Gasteiger charge is -2.21. The van der Waals surface area contributed by atoms with E-state index in [9.17, 15) is 0 Å². The molecule has 0 saturated carbocycles. The number of rotatable bonds is 2. The second-order valence-electron chi connectivity index (χ2n) is 13.1. The van der Waals surface area contributed by atoms with Crippen molar-refractivity contribution in [3.63, 3.8) is 0 Å². The minimum atomic E-state index is -0.0412. The van der Waals surface area contributed by atoms with Crippen LogP contribution in [0.2, 0.25) is 0 Å². The molecule has 0 spiro atoms. The number of aromatic nitrogens is 1. The minimum absolute atomic E-state index is 0.0412. The van der Waals surface area contributed by atoms with Gasteiger partial charge in [-0.3, -0.25) is 0 Å². The molecule has 0 atom stereocenters. The number of pyridine rings is 1. The van der Waals surface area contributed by atoms with Gasteiger partial charge in [-0.2, -0.15) is 0 Å². The van der Waals surface area contributed by atoms with Crippen LogP contribution in [0.5, 0.6) is 0 Å². The summed E-state index contributed by atoms with van der Waals surface area (Å²) in [5.41, 5.74) is 12.4. The Balaban J connectivity index is 1.32. The van der Waals surface area contributed by atoms with Crippen LogP contribution < -0.4 is 0 Å². The summed E-state index contributed by atoms with van der Waals surface area (Å²) in [5, 5.41) is 8.15. The molecule has 2 heteroatoms. The quantitative estimate of drug-likeness (QED) is 0.201. The summed E-state index contributed by atoms with van der Waals surface area (Å²) in [4.78, 5) is 5.51. The first-order valence-electron chi connectivity index (χ1n) is 16.0. The molecule has 2 nitrogen and oxygen atoms in total. The number of nitrogens with zero attached hydrogens (tertiary/aromatic N) is 1. The van der Waals surface area contributed by atoms with Crippen molar-refractivity contribution in [3.8, 4) is 33.5 Å². The highest BCUT2D eigenvalue weighted by molar-refractivity contribution is 6.26. The monoisotopic (exact) mass is 587 g/mol. The van der Waals surface area contributed by atoms with Gasteiger partial charge in [0.05, 0.1) is 16.6 Å². The van der Waals surface area contributed by atoms with E-state index in [4.69, 9.17) is 9.40 Å². The van der Waals surface area contributed by atoms with E-state index in [-0.39, 0.29) is 5.41 Å². The van der Waals surface area contributed by atoms with Crippen LogP contribution in [0.3, 0.4) is 0 Å². The second kappa shape index (κ2) is 9.15. The van der Waals surface area contributed by atoms with Gasteiger partial charge in [0.25, 0.3) is 0 Å². The number of benzene rings is 7. The molecule has 7 aromatic carbocycles. The molecule has 0 N–H and O–H groups in total. The summed E-state index contributed by atoms with van der Waals surface area (Å²) in [6.07, 6.45) is 0. The molecule has 10 rings (SSSR count). The van der Waals surface area contributed by atoms with Crippen molar-refractivity contribution in [2.24, 2.45) is 0 Å². The van der Waals surface area contributed by atoms with Crippen LogP contribution in [-0.4, -0.2) is 4.98 Å².